The number of halogens is 5. The Bertz CT molecular complexity index is 763. The molecule has 0 amide bonds. The van der Waals surface area contributed by atoms with Crippen LogP contribution in [0.1, 0.15) is 40.5 Å². The first-order valence-electron chi connectivity index (χ1n) is 9.74. The molecule has 2 fully saturated rings. The molecule has 2 N–H and O–H groups in total. The molecule has 10 heteroatoms. The minimum atomic E-state index is -2.52. The first-order chi connectivity index (χ1) is 14.1. The van der Waals surface area contributed by atoms with Gasteiger partial charge >= 0.3 is 0 Å². The second kappa shape index (κ2) is 11.7. The Morgan fingerprint density at radius 2 is 1.12 bits per heavy atom. The molecule has 32 heavy (non-hydrogen) atoms. The van der Waals surface area contributed by atoms with Gasteiger partial charge in [0.15, 0.2) is 0 Å². The molecule has 0 bridgehead atoms. The summed E-state index contributed by atoms with van der Waals surface area (Å²) in [6.07, 6.45) is -0.380. The zero-order chi connectivity index (χ0) is 21.8. The zero-order valence-electron chi connectivity index (χ0n) is 16.4. The van der Waals surface area contributed by atoms with Crippen LogP contribution >= 0.6 is 15.9 Å². The van der Waals surface area contributed by atoms with Crippen LogP contribution in [0.15, 0.2) is 41.0 Å². The highest BCUT2D eigenvalue weighted by molar-refractivity contribution is 9.10. The van der Waals surface area contributed by atoms with Crippen LogP contribution in [0.4, 0.5) is 35.0 Å². The summed E-state index contributed by atoms with van der Waals surface area (Å²) in [5, 5.41) is 0. The van der Waals surface area contributed by atoms with Crippen molar-refractivity contribution in [3.63, 3.8) is 0 Å². The van der Waals surface area contributed by atoms with Crippen LogP contribution in [0, 0.1) is 0 Å². The quantitative estimate of drug-likeness (QED) is 0.373. The summed E-state index contributed by atoms with van der Waals surface area (Å²) >= 11 is 3.27. The van der Waals surface area contributed by atoms with E-state index in [-0.39, 0.29) is 40.5 Å². The fourth-order valence-electron chi connectivity index (χ4n) is 3.32. The van der Waals surface area contributed by atoms with Crippen LogP contribution in [0.5, 0.6) is 0 Å². The summed E-state index contributed by atoms with van der Waals surface area (Å²) in [6, 6.07) is 10.8. The molecular weight excluding hydrogens is 490 g/mol. The normalized spacial score (nSPS) is 19.0. The molecular formula is C22H32BrF4N5. The van der Waals surface area contributed by atoms with Crippen molar-refractivity contribution >= 4 is 33.4 Å². The highest BCUT2D eigenvalue weighted by Gasteiger charge is 2.35. The number of nitrogen functional groups attached to an aromatic ring is 1. The smallest absolute Gasteiger partial charge is 0.251 e. The number of anilines is 3. The third-order valence-corrected chi connectivity index (χ3v) is 5.54. The predicted octanol–water partition coefficient (Wildman–Crippen LogP) is 6.25. The second-order valence-electron chi connectivity index (χ2n) is 7.43. The van der Waals surface area contributed by atoms with E-state index in [2.05, 4.69) is 25.9 Å². The molecule has 0 unspecified atom stereocenters. The molecule has 5 nitrogen and oxygen atoms in total. The number of hydrogen-bond donors (Lipinski definition) is 1. The zero-order valence-corrected chi connectivity index (χ0v) is 18.0. The van der Waals surface area contributed by atoms with Crippen molar-refractivity contribution < 1.29 is 17.6 Å². The molecule has 4 heterocycles. The van der Waals surface area contributed by atoms with E-state index in [1.807, 2.05) is 28.0 Å². The second-order valence-corrected chi connectivity index (χ2v) is 8.24. The summed E-state index contributed by atoms with van der Waals surface area (Å²) in [7, 11) is 0. The highest BCUT2D eigenvalue weighted by Crippen LogP contribution is 2.31. The third kappa shape index (κ3) is 8.11. The van der Waals surface area contributed by atoms with E-state index < -0.39 is 11.8 Å². The van der Waals surface area contributed by atoms with E-state index in [1.54, 1.807) is 18.2 Å². The van der Waals surface area contributed by atoms with Crippen molar-refractivity contribution in [1.82, 2.24) is 9.97 Å². The molecule has 2 saturated heterocycles. The Balaban J connectivity index is 0.000000301. The van der Waals surface area contributed by atoms with Gasteiger partial charge in [-0.05, 0) is 40.2 Å². The molecule has 2 aromatic rings. The first kappa shape index (κ1) is 27.9. The van der Waals surface area contributed by atoms with Crippen molar-refractivity contribution in [3.05, 3.63) is 41.0 Å². The van der Waals surface area contributed by atoms with Gasteiger partial charge in [-0.2, -0.15) is 0 Å². The highest BCUT2D eigenvalue weighted by atomic mass is 79.9. The van der Waals surface area contributed by atoms with E-state index >= 15 is 0 Å². The number of piperidine rings is 2. The van der Waals surface area contributed by atoms with Crippen LogP contribution in [-0.4, -0.2) is 48.0 Å². The van der Waals surface area contributed by atoms with Crippen LogP contribution in [0.2, 0.25) is 0 Å². The Morgan fingerprint density at radius 3 is 1.53 bits per heavy atom. The van der Waals surface area contributed by atoms with Gasteiger partial charge in [0, 0.05) is 51.9 Å². The molecule has 2 aliphatic rings. The molecule has 0 spiro atoms. The van der Waals surface area contributed by atoms with E-state index in [4.69, 9.17) is 5.73 Å². The average Bonchev–Trinajstić information content (AvgIpc) is 2.68. The molecule has 0 atom stereocenters. The number of alkyl halides is 4. The van der Waals surface area contributed by atoms with E-state index in [0.29, 0.717) is 37.8 Å². The Kier molecular flexibility index (Phi) is 10.2. The molecule has 180 valence electrons. The lowest BCUT2D eigenvalue weighted by molar-refractivity contribution is -0.0227. The van der Waals surface area contributed by atoms with E-state index in [1.165, 1.54) is 0 Å². The van der Waals surface area contributed by atoms with Gasteiger partial charge in [0.25, 0.3) is 11.8 Å². The maximum absolute atomic E-state index is 12.9. The molecule has 0 aliphatic carbocycles. The molecule has 2 aromatic heterocycles. The molecule has 2 aliphatic heterocycles. The van der Waals surface area contributed by atoms with Crippen molar-refractivity contribution in [3.8, 4) is 0 Å². The summed E-state index contributed by atoms with van der Waals surface area (Å²) in [6.45, 7) is 1.42. The van der Waals surface area contributed by atoms with Gasteiger partial charge < -0.3 is 15.5 Å². The van der Waals surface area contributed by atoms with Gasteiger partial charge in [-0.1, -0.05) is 27.0 Å². The van der Waals surface area contributed by atoms with Gasteiger partial charge in [-0.25, -0.2) is 27.5 Å². The minimum absolute atomic E-state index is 0. The van der Waals surface area contributed by atoms with Crippen LogP contribution in [0.25, 0.3) is 0 Å². The number of rotatable bonds is 2. The van der Waals surface area contributed by atoms with Crippen molar-refractivity contribution in [2.75, 3.05) is 41.7 Å². The third-order valence-electron chi connectivity index (χ3n) is 5.09. The first-order valence-corrected chi connectivity index (χ1v) is 10.5. The summed E-state index contributed by atoms with van der Waals surface area (Å²) in [5.41, 5.74) is 5.53. The lowest BCUT2D eigenvalue weighted by Gasteiger charge is -2.32. The molecule has 0 saturated carbocycles. The lowest BCUT2D eigenvalue weighted by Crippen LogP contribution is -2.39. The number of hydrogen-bond acceptors (Lipinski definition) is 5. The molecule has 4 rings (SSSR count). The maximum atomic E-state index is 12.9. The summed E-state index contributed by atoms with van der Waals surface area (Å²) in [4.78, 5) is 12.1. The van der Waals surface area contributed by atoms with Crippen LogP contribution in [-0.2, 0) is 0 Å². The van der Waals surface area contributed by atoms with Crippen molar-refractivity contribution in [1.29, 1.82) is 0 Å². The summed E-state index contributed by atoms with van der Waals surface area (Å²) < 4.78 is 52.4. The van der Waals surface area contributed by atoms with E-state index in [0.717, 1.165) is 10.4 Å². The monoisotopic (exact) mass is 521 g/mol. The Hall–Kier alpha value is -2.10. The largest absolute Gasteiger partial charge is 0.384 e. The topological polar surface area (TPSA) is 58.3 Å². The molecule has 0 aromatic carbocycles. The van der Waals surface area contributed by atoms with Gasteiger partial charge in [0.1, 0.15) is 22.1 Å². The van der Waals surface area contributed by atoms with Crippen LogP contribution in [0.3, 0.4) is 0 Å². The number of aromatic nitrogens is 2. The number of nitrogens with two attached hydrogens (primary N) is 1. The number of nitrogens with zero attached hydrogens (tertiary/aromatic N) is 4. The van der Waals surface area contributed by atoms with Gasteiger partial charge in [0.05, 0.1) is 0 Å². The minimum Gasteiger partial charge on any atom is -0.384 e. The lowest BCUT2D eigenvalue weighted by atomic mass is 10.1. The van der Waals surface area contributed by atoms with Gasteiger partial charge in [-0.15, -0.1) is 0 Å². The average molecular weight is 522 g/mol. The maximum Gasteiger partial charge on any atom is 0.251 e. The van der Waals surface area contributed by atoms with Crippen molar-refractivity contribution in [2.24, 2.45) is 0 Å². The number of pyridine rings is 2. The Labute approximate surface area is 196 Å². The standard InChI is InChI=1S/C10H11BrF2N2.C10H13F2N3.2CH4/c11-8-2-1-3-9(14-8)15-6-4-10(12,13)5-7-15;11-10(12)4-6-15(7-5-10)9-3-1-2-8(13)14-9;;/h1-3H,4-7H2;1-3H,4-7H2,(H2,13,14);2*1H4. The fourth-order valence-corrected chi connectivity index (χ4v) is 3.65. The SMILES string of the molecule is C.C.FC1(F)CCN(c2cccc(Br)n2)CC1.Nc1cccc(N2CCC(F)(F)CC2)n1. The Morgan fingerprint density at radius 1 is 0.719 bits per heavy atom. The van der Waals surface area contributed by atoms with Crippen LogP contribution < -0.4 is 15.5 Å². The van der Waals surface area contributed by atoms with Gasteiger partial charge in [-0.3, -0.25) is 0 Å². The van der Waals surface area contributed by atoms with E-state index in [9.17, 15) is 17.6 Å². The molecule has 0 radical (unpaired) electrons. The summed E-state index contributed by atoms with van der Waals surface area (Å²) in [5.74, 6) is -3.14. The van der Waals surface area contributed by atoms with Crippen molar-refractivity contribution in [2.45, 2.75) is 52.4 Å². The van der Waals surface area contributed by atoms with Gasteiger partial charge in [0.2, 0.25) is 0 Å². The fraction of sp³-hybridized carbons (Fsp3) is 0.545. The predicted molar refractivity (Wildman–Crippen MR) is 127 cm³/mol.